The Balaban J connectivity index is 1.85. The van der Waals surface area contributed by atoms with E-state index in [9.17, 15) is 46.6 Å². The Bertz CT molecular complexity index is 1190. The Morgan fingerprint density at radius 1 is 1.03 bits per heavy atom. The normalized spacial score (nSPS) is 18.1. The van der Waals surface area contributed by atoms with Crippen LogP contribution in [0.3, 0.4) is 0 Å². The summed E-state index contributed by atoms with van der Waals surface area (Å²) < 4.78 is 83.1. The van der Waals surface area contributed by atoms with Crippen LogP contribution in [0.4, 0.5) is 26.3 Å². The molecule has 39 heavy (non-hydrogen) atoms. The summed E-state index contributed by atoms with van der Waals surface area (Å²) in [6.07, 6.45) is -7.97. The maximum Gasteiger partial charge on any atom is 0.407 e. The van der Waals surface area contributed by atoms with E-state index in [2.05, 4.69) is 10.6 Å². The van der Waals surface area contributed by atoms with Crippen molar-refractivity contribution in [2.24, 2.45) is 0 Å². The van der Waals surface area contributed by atoms with Crippen molar-refractivity contribution in [1.82, 2.24) is 10.6 Å². The molecule has 2 unspecified atom stereocenters. The lowest BCUT2D eigenvalue weighted by atomic mass is 9.92. The van der Waals surface area contributed by atoms with E-state index in [0.717, 1.165) is 13.8 Å². The summed E-state index contributed by atoms with van der Waals surface area (Å²) in [5.41, 5.74) is -5.50. The number of nitrogens with zero attached hydrogens (tertiary/aromatic N) is 1. The fourth-order valence-corrected chi connectivity index (χ4v) is 4.11. The van der Waals surface area contributed by atoms with Gasteiger partial charge in [0.2, 0.25) is 5.91 Å². The predicted octanol–water partition coefficient (Wildman–Crippen LogP) is 4.67. The molecule has 0 aliphatic heterocycles. The third-order valence-corrected chi connectivity index (χ3v) is 6.59. The van der Waals surface area contributed by atoms with Crippen LogP contribution in [0.1, 0.15) is 50.3 Å². The van der Waals surface area contributed by atoms with Gasteiger partial charge in [0.05, 0.1) is 18.7 Å². The highest BCUT2D eigenvalue weighted by atomic mass is 19.4. The molecule has 6 nitrogen and oxygen atoms in total. The van der Waals surface area contributed by atoms with Crippen LogP contribution in [0.25, 0.3) is 11.1 Å². The topological polar surface area (TPSA) is 105 Å². The number of halogens is 6. The van der Waals surface area contributed by atoms with Crippen molar-refractivity contribution in [2.75, 3.05) is 6.61 Å². The molecule has 212 valence electrons. The molecule has 1 aliphatic rings. The van der Waals surface area contributed by atoms with Crippen LogP contribution in [0, 0.1) is 11.3 Å². The van der Waals surface area contributed by atoms with Crippen LogP contribution in [-0.4, -0.2) is 52.6 Å². The second-order valence-electron chi connectivity index (χ2n) is 10.4. The van der Waals surface area contributed by atoms with Gasteiger partial charge in [-0.15, -0.1) is 0 Å². The lowest BCUT2D eigenvalue weighted by Crippen LogP contribution is -2.53. The molecule has 12 heteroatoms. The number of carbonyl (C=O) groups excluding carboxylic acids is 1. The van der Waals surface area contributed by atoms with Gasteiger partial charge >= 0.3 is 6.18 Å². The first-order valence-electron chi connectivity index (χ1n) is 12.1. The van der Waals surface area contributed by atoms with E-state index >= 15 is 0 Å². The third-order valence-electron chi connectivity index (χ3n) is 6.59. The van der Waals surface area contributed by atoms with Crippen LogP contribution in [0.2, 0.25) is 0 Å². The van der Waals surface area contributed by atoms with Crippen molar-refractivity contribution in [2.45, 2.75) is 74.6 Å². The van der Waals surface area contributed by atoms with Crippen molar-refractivity contribution in [3.05, 3.63) is 59.7 Å². The molecule has 0 radical (unpaired) electrons. The molecule has 0 spiro atoms. The van der Waals surface area contributed by atoms with E-state index in [4.69, 9.17) is 0 Å². The van der Waals surface area contributed by atoms with E-state index < -0.39 is 60.4 Å². The van der Waals surface area contributed by atoms with Crippen molar-refractivity contribution < 1.29 is 41.4 Å². The third kappa shape index (κ3) is 7.29. The number of nitrogens with one attached hydrogen (secondary N) is 2. The quantitative estimate of drug-likeness (QED) is 0.301. The Kier molecular flexibility index (Phi) is 8.69. The molecular formula is C27H29F6N3O3. The van der Waals surface area contributed by atoms with Gasteiger partial charge in [-0.05, 0) is 48.9 Å². The highest BCUT2D eigenvalue weighted by molar-refractivity contribution is 5.83. The standard InChI is InChI=1S/C27H29F6N3O3/c1-24(2,30)13-20(22(38)36-25(14-34)11-12-25)35-21(27(31,32)33)18-5-3-16(4-6-18)17-7-9-19(10-8-17)26(39,15-37)23(28)29/h3-10,20-21,23,35,37,39H,11-13,15H2,1-2H3,(H,36,38)/t20-,21?,26?/m0/s1. The van der Waals surface area contributed by atoms with Crippen LogP contribution < -0.4 is 10.6 Å². The zero-order chi connectivity index (χ0) is 29.2. The molecule has 2 aromatic rings. The van der Waals surface area contributed by atoms with Gasteiger partial charge in [-0.3, -0.25) is 10.1 Å². The monoisotopic (exact) mass is 557 g/mol. The minimum Gasteiger partial charge on any atom is -0.393 e. The number of hydrogen-bond donors (Lipinski definition) is 4. The van der Waals surface area contributed by atoms with Crippen molar-refractivity contribution in [3.63, 3.8) is 0 Å². The van der Waals surface area contributed by atoms with Crippen LogP contribution in [0.15, 0.2) is 48.5 Å². The first-order valence-corrected chi connectivity index (χ1v) is 12.1. The number of alkyl halides is 6. The number of carbonyl (C=O) groups is 1. The zero-order valence-electron chi connectivity index (χ0n) is 21.2. The largest absolute Gasteiger partial charge is 0.407 e. The summed E-state index contributed by atoms with van der Waals surface area (Å²) in [6, 6.07) is 8.17. The number of benzene rings is 2. The van der Waals surface area contributed by atoms with Gasteiger partial charge < -0.3 is 15.5 Å². The summed E-state index contributed by atoms with van der Waals surface area (Å²) in [6.45, 7) is 1.07. The van der Waals surface area contributed by atoms with Gasteiger partial charge in [0, 0.05) is 6.42 Å². The molecule has 0 aromatic heterocycles. The molecule has 4 N–H and O–H groups in total. The Hall–Kier alpha value is -3.14. The zero-order valence-corrected chi connectivity index (χ0v) is 21.2. The first-order chi connectivity index (χ1) is 18.0. The lowest BCUT2D eigenvalue weighted by molar-refractivity contribution is -0.161. The van der Waals surface area contributed by atoms with Crippen LogP contribution in [-0.2, 0) is 10.4 Å². The summed E-state index contributed by atoms with van der Waals surface area (Å²) in [4.78, 5) is 12.8. The number of aliphatic hydroxyl groups excluding tert-OH is 1. The molecule has 3 atom stereocenters. The minimum absolute atomic E-state index is 0.230. The molecule has 1 aliphatic carbocycles. The molecule has 2 aromatic carbocycles. The average molecular weight is 558 g/mol. The molecular weight excluding hydrogens is 528 g/mol. The second-order valence-corrected chi connectivity index (χ2v) is 10.4. The maximum absolute atomic E-state index is 14.5. The molecule has 0 saturated heterocycles. The van der Waals surface area contributed by atoms with E-state index in [-0.39, 0.29) is 11.1 Å². The average Bonchev–Trinajstić information content (AvgIpc) is 3.64. The van der Waals surface area contributed by atoms with Crippen molar-refractivity contribution >= 4 is 5.91 Å². The smallest absolute Gasteiger partial charge is 0.393 e. The fourth-order valence-electron chi connectivity index (χ4n) is 4.11. The van der Waals surface area contributed by atoms with Gasteiger partial charge in [-0.25, -0.2) is 13.2 Å². The lowest BCUT2D eigenvalue weighted by Gasteiger charge is -2.30. The van der Waals surface area contributed by atoms with E-state index in [0.29, 0.717) is 24.0 Å². The number of nitriles is 1. The fraction of sp³-hybridized carbons (Fsp3) is 0.481. The Labute approximate surface area is 221 Å². The predicted molar refractivity (Wildman–Crippen MR) is 130 cm³/mol. The van der Waals surface area contributed by atoms with Crippen LogP contribution >= 0.6 is 0 Å². The molecule has 1 saturated carbocycles. The van der Waals surface area contributed by atoms with E-state index in [1.165, 1.54) is 48.5 Å². The number of aliphatic hydroxyl groups is 2. The minimum atomic E-state index is -4.86. The summed E-state index contributed by atoms with van der Waals surface area (Å²) in [7, 11) is 0. The molecule has 1 fully saturated rings. The van der Waals surface area contributed by atoms with E-state index in [1.54, 1.807) is 0 Å². The Morgan fingerprint density at radius 2 is 1.54 bits per heavy atom. The number of amides is 1. The molecule has 3 rings (SSSR count). The van der Waals surface area contributed by atoms with Gasteiger partial charge in [0.25, 0.3) is 6.43 Å². The summed E-state index contributed by atoms with van der Waals surface area (Å²) in [5.74, 6) is -0.905. The maximum atomic E-state index is 14.5. The first kappa shape index (κ1) is 30.4. The second kappa shape index (κ2) is 11.2. The summed E-state index contributed by atoms with van der Waals surface area (Å²) in [5, 5.41) is 33.1. The van der Waals surface area contributed by atoms with Crippen LogP contribution in [0.5, 0.6) is 0 Å². The van der Waals surface area contributed by atoms with Gasteiger partial charge in [0.1, 0.15) is 17.2 Å². The number of hydrogen-bond acceptors (Lipinski definition) is 5. The van der Waals surface area contributed by atoms with Gasteiger partial charge in [0.15, 0.2) is 5.60 Å². The van der Waals surface area contributed by atoms with Gasteiger partial charge in [-0.1, -0.05) is 48.5 Å². The molecule has 1 amide bonds. The summed E-state index contributed by atoms with van der Waals surface area (Å²) >= 11 is 0. The van der Waals surface area contributed by atoms with Gasteiger partial charge in [-0.2, -0.15) is 18.4 Å². The molecule has 0 bridgehead atoms. The highest BCUT2D eigenvalue weighted by Gasteiger charge is 2.48. The SMILES string of the molecule is CC(C)(F)C[C@H](NC(c1ccc(-c2ccc(C(O)(CO)C(F)F)cc2)cc1)C(F)(F)F)C(=O)NC1(C#N)CC1. The highest BCUT2D eigenvalue weighted by Crippen LogP contribution is 2.37. The van der Waals surface area contributed by atoms with Crippen molar-refractivity contribution in [3.8, 4) is 17.2 Å². The Morgan fingerprint density at radius 3 is 1.92 bits per heavy atom. The molecule has 0 heterocycles. The van der Waals surface area contributed by atoms with E-state index in [1.807, 2.05) is 6.07 Å². The number of rotatable bonds is 11. The van der Waals surface area contributed by atoms with Crippen molar-refractivity contribution in [1.29, 1.82) is 5.26 Å².